The number of nitrogens with two attached hydrogens (primary N) is 1. The molecule has 1 saturated carbocycles. The van der Waals surface area contributed by atoms with Crippen LogP contribution in [0.25, 0.3) is 11.1 Å². The molecule has 1 fully saturated rings. The minimum atomic E-state index is -4.51. The van der Waals surface area contributed by atoms with Gasteiger partial charge in [-0.05, 0) is 65.1 Å². The van der Waals surface area contributed by atoms with Crippen LogP contribution in [-0.4, -0.2) is 28.4 Å². The van der Waals surface area contributed by atoms with Gasteiger partial charge in [-0.25, -0.2) is 0 Å². The Balaban J connectivity index is 1.34. The van der Waals surface area contributed by atoms with Gasteiger partial charge in [0.05, 0.1) is 23.0 Å². The van der Waals surface area contributed by atoms with Gasteiger partial charge in [0.25, 0.3) is 5.91 Å². The number of allylic oxidation sites excluding steroid dienone is 1. The Morgan fingerprint density at radius 2 is 1.53 bits per heavy atom. The number of fused-ring (bicyclic) bond motifs is 3. The summed E-state index contributed by atoms with van der Waals surface area (Å²) in [5.74, 6) is -6.83. The molecule has 220 valence electrons. The predicted octanol–water partition coefficient (Wildman–Crippen LogP) is 5.18. The van der Waals surface area contributed by atoms with E-state index in [9.17, 15) is 37.5 Å². The van der Waals surface area contributed by atoms with Crippen LogP contribution in [0.5, 0.6) is 5.75 Å². The van der Waals surface area contributed by atoms with Crippen molar-refractivity contribution < 1.29 is 42.2 Å². The highest BCUT2D eigenvalue weighted by Crippen LogP contribution is 2.50. The van der Waals surface area contributed by atoms with Crippen molar-refractivity contribution >= 4 is 23.3 Å². The van der Waals surface area contributed by atoms with Crippen LogP contribution in [-0.2, 0) is 38.3 Å². The molecule has 7 nitrogen and oxygen atoms in total. The number of rotatable bonds is 5. The van der Waals surface area contributed by atoms with E-state index in [0.29, 0.717) is 16.7 Å². The fourth-order valence-corrected chi connectivity index (χ4v) is 6.83. The smallest absolute Gasteiger partial charge is 0.416 e. The van der Waals surface area contributed by atoms with E-state index in [0.717, 1.165) is 17.7 Å². The number of benzene rings is 3. The SMILES string of the molecule is NC(=O)C1=C(OCc2ccccc2)CC2CC3Cc4c(-c5ccc(C(F)(F)F)cc5)ccc(O)c4C(=O)C3C(=O)C2C1=O. The summed E-state index contributed by atoms with van der Waals surface area (Å²) in [5.41, 5.74) is 6.43. The number of carbonyl (C=O) groups excluding carboxylic acids is 4. The summed E-state index contributed by atoms with van der Waals surface area (Å²) in [5, 5.41) is 10.7. The maximum atomic E-state index is 13.8. The van der Waals surface area contributed by atoms with Gasteiger partial charge in [0.1, 0.15) is 23.7 Å². The van der Waals surface area contributed by atoms with E-state index in [1.54, 1.807) is 6.07 Å². The van der Waals surface area contributed by atoms with Gasteiger partial charge < -0.3 is 15.6 Å². The van der Waals surface area contributed by atoms with Crippen LogP contribution in [0.3, 0.4) is 0 Å². The number of Topliss-reactive ketones (excluding diaryl/α,β-unsaturated/α-hetero) is 3. The normalized spacial score (nSPS) is 23.4. The van der Waals surface area contributed by atoms with E-state index in [1.165, 1.54) is 18.2 Å². The number of ether oxygens (including phenoxy) is 1. The zero-order valence-corrected chi connectivity index (χ0v) is 22.7. The Morgan fingerprint density at radius 3 is 2.19 bits per heavy atom. The molecule has 0 spiro atoms. The molecule has 43 heavy (non-hydrogen) atoms. The van der Waals surface area contributed by atoms with Crippen LogP contribution in [0.15, 0.2) is 78.1 Å². The summed E-state index contributed by atoms with van der Waals surface area (Å²) in [6.07, 6.45) is -3.95. The Morgan fingerprint density at radius 1 is 0.884 bits per heavy atom. The summed E-state index contributed by atoms with van der Waals surface area (Å²) < 4.78 is 45.3. The first-order valence-electron chi connectivity index (χ1n) is 13.8. The molecule has 0 bridgehead atoms. The van der Waals surface area contributed by atoms with E-state index in [4.69, 9.17) is 10.5 Å². The molecule has 0 heterocycles. The molecule has 10 heteroatoms. The van der Waals surface area contributed by atoms with E-state index in [1.807, 2.05) is 30.3 Å². The lowest BCUT2D eigenvalue weighted by Gasteiger charge is -2.44. The third-order valence-electron chi connectivity index (χ3n) is 8.73. The molecule has 3 N–H and O–H groups in total. The van der Waals surface area contributed by atoms with Crippen LogP contribution in [0.1, 0.15) is 39.9 Å². The molecule has 3 aromatic carbocycles. The number of ketones is 3. The van der Waals surface area contributed by atoms with Gasteiger partial charge in [-0.3, -0.25) is 19.2 Å². The quantitative estimate of drug-likeness (QED) is 0.312. The van der Waals surface area contributed by atoms with Crippen LogP contribution in [0.4, 0.5) is 13.2 Å². The topological polar surface area (TPSA) is 124 Å². The highest BCUT2D eigenvalue weighted by Gasteiger charge is 2.55. The number of halogens is 3. The van der Waals surface area contributed by atoms with Gasteiger partial charge in [0.15, 0.2) is 17.3 Å². The Bertz CT molecular complexity index is 1690. The van der Waals surface area contributed by atoms with Crippen molar-refractivity contribution in [1.29, 1.82) is 0 Å². The van der Waals surface area contributed by atoms with Gasteiger partial charge in [-0.2, -0.15) is 13.2 Å². The maximum absolute atomic E-state index is 13.8. The van der Waals surface area contributed by atoms with E-state index < -0.39 is 58.7 Å². The molecule has 0 aromatic heterocycles. The molecule has 3 aliphatic carbocycles. The van der Waals surface area contributed by atoms with E-state index in [-0.39, 0.29) is 48.5 Å². The molecule has 4 unspecified atom stereocenters. The molecule has 3 aliphatic rings. The number of phenolic OH excluding ortho intramolecular Hbond substituents is 1. The van der Waals surface area contributed by atoms with Gasteiger partial charge in [-0.15, -0.1) is 0 Å². The zero-order valence-electron chi connectivity index (χ0n) is 22.7. The summed E-state index contributed by atoms with van der Waals surface area (Å²) in [4.78, 5) is 53.6. The number of alkyl halides is 3. The van der Waals surface area contributed by atoms with Crippen molar-refractivity contribution in [2.24, 2.45) is 29.4 Å². The molecular weight excluding hydrogens is 563 g/mol. The number of primary amides is 1. The third-order valence-corrected chi connectivity index (χ3v) is 8.73. The predicted molar refractivity (Wildman–Crippen MR) is 147 cm³/mol. The fraction of sp³-hybridized carbons (Fsp3) is 0.273. The second-order valence-electron chi connectivity index (χ2n) is 11.2. The molecule has 1 amide bonds. The van der Waals surface area contributed by atoms with Gasteiger partial charge >= 0.3 is 6.18 Å². The second kappa shape index (κ2) is 10.5. The van der Waals surface area contributed by atoms with Crippen LogP contribution >= 0.6 is 0 Å². The fourth-order valence-electron chi connectivity index (χ4n) is 6.83. The lowest BCUT2D eigenvalue weighted by Crippen LogP contribution is -2.52. The summed E-state index contributed by atoms with van der Waals surface area (Å²) in [6.45, 7) is 0.0826. The first-order valence-corrected chi connectivity index (χ1v) is 13.8. The molecular formula is C33H26F3NO6. The summed E-state index contributed by atoms with van der Waals surface area (Å²) in [6, 6.07) is 16.4. The molecule has 0 radical (unpaired) electrons. The second-order valence-corrected chi connectivity index (χ2v) is 11.2. The van der Waals surface area contributed by atoms with Gasteiger partial charge in [-0.1, -0.05) is 48.5 Å². The van der Waals surface area contributed by atoms with Crippen LogP contribution in [0.2, 0.25) is 0 Å². The van der Waals surface area contributed by atoms with Crippen molar-refractivity contribution in [3.05, 3.63) is 100 Å². The number of carbonyl (C=O) groups is 4. The van der Waals surface area contributed by atoms with Gasteiger partial charge in [0.2, 0.25) is 0 Å². The highest BCUT2D eigenvalue weighted by molar-refractivity contribution is 6.28. The molecule has 3 aromatic rings. The van der Waals surface area contributed by atoms with Crippen molar-refractivity contribution in [2.45, 2.75) is 32.0 Å². The lowest BCUT2D eigenvalue weighted by atomic mass is 9.57. The van der Waals surface area contributed by atoms with Crippen molar-refractivity contribution in [2.75, 3.05) is 0 Å². The molecule has 0 aliphatic heterocycles. The monoisotopic (exact) mass is 589 g/mol. The minimum Gasteiger partial charge on any atom is -0.507 e. The van der Waals surface area contributed by atoms with Crippen molar-refractivity contribution in [3.8, 4) is 16.9 Å². The van der Waals surface area contributed by atoms with Crippen LogP contribution < -0.4 is 5.73 Å². The largest absolute Gasteiger partial charge is 0.507 e. The van der Waals surface area contributed by atoms with Crippen molar-refractivity contribution in [3.63, 3.8) is 0 Å². The van der Waals surface area contributed by atoms with Gasteiger partial charge in [0, 0.05) is 6.42 Å². The average molecular weight is 590 g/mol. The Hall–Kier alpha value is -4.73. The lowest BCUT2D eigenvalue weighted by molar-refractivity contribution is -0.141. The zero-order chi connectivity index (χ0) is 30.6. The number of phenols is 1. The number of amides is 1. The average Bonchev–Trinajstić information content (AvgIpc) is 2.96. The maximum Gasteiger partial charge on any atom is 0.416 e. The first kappa shape index (κ1) is 28.4. The number of hydrogen-bond donors (Lipinski definition) is 2. The van der Waals surface area contributed by atoms with Crippen molar-refractivity contribution in [1.82, 2.24) is 0 Å². The number of hydrogen-bond acceptors (Lipinski definition) is 6. The Labute approximate surface area is 244 Å². The minimum absolute atomic E-state index is 0.0775. The summed E-state index contributed by atoms with van der Waals surface area (Å²) >= 11 is 0. The first-order chi connectivity index (χ1) is 20.5. The third kappa shape index (κ3) is 4.90. The van der Waals surface area contributed by atoms with E-state index >= 15 is 0 Å². The van der Waals surface area contributed by atoms with E-state index in [2.05, 4.69) is 0 Å². The number of aromatic hydroxyl groups is 1. The molecule has 0 saturated heterocycles. The van der Waals surface area contributed by atoms with Crippen LogP contribution in [0, 0.1) is 23.7 Å². The summed E-state index contributed by atoms with van der Waals surface area (Å²) in [7, 11) is 0. The molecule has 4 atom stereocenters. The standard InChI is InChI=1S/C33H26F3NO6/c34-33(35,36)20-8-6-17(7-9-20)21-10-11-23(38)27-22(21)13-18-12-19-14-24(43-15-16-4-2-1-3-5-16)28(32(37)42)31(41)26(19)29(39)25(18)30(27)40/h1-11,18-19,25-26,38H,12-15H2,(H2,37,42). The Kier molecular flexibility index (Phi) is 6.95. The molecule has 6 rings (SSSR count). The highest BCUT2D eigenvalue weighted by atomic mass is 19.4.